The maximum Gasteiger partial charge on any atom is 0.317 e. The molecule has 4 rings (SSSR count). The summed E-state index contributed by atoms with van der Waals surface area (Å²) in [5.41, 5.74) is 0.941. The third-order valence-electron chi connectivity index (χ3n) is 5.42. The Morgan fingerprint density at radius 3 is 2.88 bits per heavy atom. The molecule has 2 fully saturated rings. The molecule has 3 heterocycles. The molecule has 7 heteroatoms. The number of fused-ring (bicyclic) bond motifs is 1. The standard InChI is InChI=1S/C18H25FN4O2/c19-14-2-1-13-9-15(12-25-17(13)10-14)21-18(24)23-7-5-22(6-8-23)16-3-4-20-11-16/h1-2,10,15-16,20H,3-9,11-12H2,(H,21,24). The number of nitrogens with zero attached hydrogens (tertiary/aromatic N) is 2. The number of benzene rings is 1. The van der Waals surface area contributed by atoms with Crippen molar-refractivity contribution in [2.75, 3.05) is 45.9 Å². The highest BCUT2D eigenvalue weighted by Crippen LogP contribution is 2.25. The van der Waals surface area contributed by atoms with Crippen molar-refractivity contribution in [2.24, 2.45) is 0 Å². The first-order chi connectivity index (χ1) is 12.2. The molecule has 1 aromatic carbocycles. The number of nitrogens with one attached hydrogen (secondary N) is 2. The third kappa shape index (κ3) is 3.72. The topological polar surface area (TPSA) is 56.8 Å². The van der Waals surface area contributed by atoms with Crippen LogP contribution in [0.1, 0.15) is 12.0 Å². The second kappa shape index (κ2) is 7.17. The molecule has 0 bridgehead atoms. The third-order valence-corrected chi connectivity index (χ3v) is 5.42. The number of halogens is 1. The summed E-state index contributed by atoms with van der Waals surface area (Å²) >= 11 is 0. The van der Waals surface area contributed by atoms with Gasteiger partial charge < -0.3 is 20.3 Å². The van der Waals surface area contributed by atoms with Gasteiger partial charge >= 0.3 is 6.03 Å². The van der Waals surface area contributed by atoms with E-state index in [-0.39, 0.29) is 17.9 Å². The van der Waals surface area contributed by atoms with Gasteiger partial charge in [0.05, 0.1) is 6.04 Å². The number of carbonyl (C=O) groups is 1. The second-order valence-electron chi connectivity index (χ2n) is 7.08. The average molecular weight is 348 g/mol. The fraction of sp³-hybridized carbons (Fsp3) is 0.611. The molecule has 2 atom stereocenters. The van der Waals surface area contributed by atoms with Crippen LogP contribution in [0, 0.1) is 5.82 Å². The number of hydrogen-bond donors (Lipinski definition) is 2. The molecule has 2 amide bonds. The van der Waals surface area contributed by atoms with Crippen LogP contribution < -0.4 is 15.4 Å². The summed E-state index contributed by atoms with van der Waals surface area (Å²) in [7, 11) is 0. The van der Waals surface area contributed by atoms with E-state index in [2.05, 4.69) is 15.5 Å². The van der Waals surface area contributed by atoms with Crippen molar-refractivity contribution in [3.05, 3.63) is 29.6 Å². The van der Waals surface area contributed by atoms with Crippen LogP contribution in [0.3, 0.4) is 0 Å². The molecule has 25 heavy (non-hydrogen) atoms. The summed E-state index contributed by atoms with van der Waals surface area (Å²) in [5.74, 6) is 0.292. The van der Waals surface area contributed by atoms with E-state index in [1.165, 1.54) is 18.6 Å². The molecule has 3 aliphatic rings. The lowest BCUT2D eigenvalue weighted by Gasteiger charge is -2.38. The zero-order valence-corrected chi connectivity index (χ0v) is 14.3. The van der Waals surface area contributed by atoms with Crippen LogP contribution in [-0.2, 0) is 6.42 Å². The number of carbonyl (C=O) groups excluding carboxylic acids is 1. The Labute approximate surface area is 147 Å². The lowest BCUT2D eigenvalue weighted by atomic mass is 10.0. The van der Waals surface area contributed by atoms with E-state index in [4.69, 9.17) is 4.74 Å². The van der Waals surface area contributed by atoms with Crippen molar-refractivity contribution in [3.63, 3.8) is 0 Å². The molecule has 0 spiro atoms. The van der Waals surface area contributed by atoms with E-state index >= 15 is 0 Å². The van der Waals surface area contributed by atoms with E-state index in [9.17, 15) is 9.18 Å². The van der Waals surface area contributed by atoms with Gasteiger partial charge in [-0.25, -0.2) is 9.18 Å². The minimum Gasteiger partial charge on any atom is -0.491 e. The van der Waals surface area contributed by atoms with Crippen molar-refractivity contribution in [2.45, 2.75) is 24.9 Å². The van der Waals surface area contributed by atoms with Crippen LogP contribution in [-0.4, -0.2) is 73.8 Å². The molecule has 2 unspecified atom stereocenters. The highest BCUT2D eigenvalue weighted by atomic mass is 19.1. The molecule has 0 aromatic heterocycles. The predicted molar refractivity (Wildman–Crippen MR) is 92.3 cm³/mol. The van der Waals surface area contributed by atoms with E-state index in [0.29, 0.717) is 24.8 Å². The second-order valence-corrected chi connectivity index (χ2v) is 7.08. The minimum atomic E-state index is -0.295. The van der Waals surface area contributed by atoms with Gasteiger partial charge in [-0.2, -0.15) is 0 Å². The molecule has 3 aliphatic heterocycles. The zero-order valence-electron chi connectivity index (χ0n) is 14.3. The molecule has 6 nitrogen and oxygen atoms in total. The fourth-order valence-electron chi connectivity index (χ4n) is 3.95. The zero-order chi connectivity index (χ0) is 17.2. The van der Waals surface area contributed by atoms with Crippen molar-refractivity contribution >= 4 is 6.03 Å². The molecule has 2 saturated heterocycles. The lowest BCUT2D eigenvalue weighted by molar-refractivity contribution is 0.110. The number of hydrogen-bond acceptors (Lipinski definition) is 4. The smallest absolute Gasteiger partial charge is 0.317 e. The van der Waals surface area contributed by atoms with Crippen LogP contribution in [0.4, 0.5) is 9.18 Å². The Bertz CT molecular complexity index is 628. The van der Waals surface area contributed by atoms with Crippen molar-refractivity contribution in [1.82, 2.24) is 20.4 Å². The normalized spacial score (nSPS) is 26.8. The van der Waals surface area contributed by atoms with Crippen LogP contribution >= 0.6 is 0 Å². The van der Waals surface area contributed by atoms with Crippen LogP contribution in [0.5, 0.6) is 5.75 Å². The highest BCUT2D eigenvalue weighted by molar-refractivity contribution is 5.74. The maximum absolute atomic E-state index is 13.2. The number of urea groups is 1. The van der Waals surface area contributed by atoms with Gasteiger partial charge in [0.2, 0.25) is 0 Å². The van der Waals surface area contributed by atoms with E-state index in [0.717, 1.165) is 44.8 Å². The molecular formula is C18H25FN4O2. The van der Waals surface area contributed by atoms with Gasteiger partial charge in [-0.15, -0.1) is 0 Å². The summed E-state index contributed by atoms with van der Waals surface area (Å²) in [4.78, 5) is 16.9. The first-order valence-electron chi connectivity index (χ1n) is 9.10. The fourth-order valence-corrected chi connectivity index (χ4v) is 3.95. The first-order valence-corrected chi connectivity index (χ1v) is 9.10. The summed E-state index contributed by atoms with van der Waals surface area (Å²) in [6, 6.07) is 5.10. The highest BCUT2D eigenvalue weighted by Gasteiger charge is 2.29. The van der Waals surface area contributed by atoms with Crippen molar-refractivity contribution < 1.29 is 13.9 Å². The first kappa shape index (κ1) is 16.6. The van der Waals surface area contributed by atoms with Gasteiger partial charge in [-0.05, 0) is 31.0 Å². The minimum absolute atomic E-state index is 0.0247. The molecule has 0 saturated carbocycles. The Kier molecular flexibility index (Phi) is 4.76. The van der Waals surface area contributed by atoms with E-state index < -0.39 is 0 Å². The monoisotopic (exact) mass is 348 g/mol. The van der Waals surface area contributed by atoms with Crippen LogP contribution in [0.15, 0.2) is 18.2 Å². The molecule has 0 radical (unpaired) electrons. The Hall–Kier alpha value is -1.86. The van der Waals surface area contributed by atoms with Gasteiger partial charge in [0.15, 0.2) is 0 Å². The number of ether oxygens (including phenoxy) is 1. The van der Waals surface area contributed by atoms with Gasteiger partial charge in [-0.3, -0.25) is 4.90 Å². The van der Waals surface area contributed by atoms with Gasteiger partial charge in [0.25, 0.3) is 0 Å². The summed E-state index contributed by atoms with van der Waals surface area (Å²) in [5, 5.41) is 6.46. The lowest BCUT2D eigenvalue weighted by Crippen LogP contribution is -2.56. The predicted octanol–water partition coefficient (Wildman–Crippen LogP) is 0.818. The van der Waals surface area contributed by atoms with Gasteiger partial charge in [0, 0.05) is 44.8 Å². The number of rotatable bonds is 2. The number of piperazine rings is 1. The summed E-state index contributed by atoms with van der Waals surface area (Å²) in [6.45, 7) is 5.93. The van der Waals surface area contributed by atoms with Gasteiger partial charge in [-0.1, -0.05) is 6.07 Å². The Balaban J connectivity index is 1.27. The number of amides is 2. The van der Waals surface area contributed by atoms with Crippen molar-refractivity contribution in [3.8, 4) is 5.75 Å². The summed E-state index contributed by atoms with van der Waals surface area (Å²) in [6.07, 6.45) is 1.88. The van der Waals surface area contributed by atoms with Crippen LogP contribution in [0.25, 0.3) is 0 Å². The van der Waals surface area contributed by atoms with Crippen molar-refractivity contribution in [1.29, 1.82) is 0 Å². The van der Waals surface area contributed by atoms with Gasteiger partial charge in [0.1, 0.15) is 18.2 Å². The Morgan fingerprint density at radius 1 is 1.28 bits per heavy atom. The van der Waals surface area contributed by atoms with Crippen LogP contribution in [0.2, 0.25) is 0 Å². The SMILES string of the molecule is O=C(NC1COc2cc(F)ccc2C1)N1CCN(C2CCNC2)CC1. The maximum atomic E-state index is 13.2. The molecule has 1 aromatic rings. The molecular weight excluding hydrogens is 323 g/mol. The molecule has 2 N–H and O–H groups in total. The van der Waals surface area contributed by atoms with E-state index in [1.54, 1.807) is 6.07 Å². The quantitative estimate of drug-likeness (QED) is 0.831. The summed E-state index contributed by atoms with van der Waals surface area (Å²) < 4.78 is 18.8. The largest absolute Gasteiger partial charge is 0.491 e. The molecule has 0 aliphatic carbocycles. The molecule has 136 valence electrons. The Morgan fingerprint density at radius 2 is 2.12 bits per heavy atom. The average Bonchev–Trinajstić information content (AvgIpc) is 3.17. The van der Waals surface area contributed by atoms with E-state index in [1.807, 2.05) is 4.90 Å².